The average Bonchev–Trinajstić information content (AvgIpc) is 2.61. The van der Waals surface area contributed by atoms with E-state index in [1.807, 2.05) is 20.2 Å². The van der Waals surface area contributed by atoms with Crippen molar-refractivity contribution in [2.75, 3.05) is 27.2 Å². The third-order valence-corrected chi connectivity index (χ3v) is 3.34. The zero-order chi connectivity index (χ0) is 13.1. The number of likely N-dealkylation sites (tertiary alicyclic amines) is 1. The van der Waals surface area contributed by atoms with Crippen LogP contribution in [0.25, 0.3) is 0 Å². The highest BCUT2D eigenvalue weighted by Gasteiger charge is 2.31. The number of aromatic nitrogens is 2. The molecule has 1 aromatic rings. The maximum atomic E-state index is 9.79. The smallest absolute Gasteiger partial charge is 0.151 e. The van der Waals surface area contributed by atoms with Crippen molar-refractivity contribution >= 4 is 11.6 Å². The summed E-state index contributed by atoms with van der Waals surface area (Å²) in [5.74, 6) is 0. The van der Waals surface area contributed by atoms with Crippen LogP contribution < -0.4 is 0 Å². The molecule has 2 rings (SSSR count). The van der Waals surface area contributed by atoms with E-state index in [9.17, 15) is 5.11 Å². The predicted molar refractivity (Wildman–Crippen MR) is 70.4 cm³/mol. The minimum atomic E-state index is -0.241. The molecule has 2 heterocycles. The van der Waals surface area contributed by atoms with E-state index in [4.69, 9.17) is 11.6 Å². The van der Waals surface area contributed by atoms with Crippen LogP contribution in [0.3, 0.4) is 0 Å². The first-order valence-corrected chi connectivity index (χ1v) is 6.47. The summed E-state index contributed by atoms with van der Waals surface area (Å²) in [6.45, 7) is 2.35. The van der Waals surface area contributed by atoms with E-state index in [1.54, 1.807) is 6.07 Å². The van der Waals surface area contributed by atoms with Crippen molar-refractivity contribution in [1.29, 1.82) is 0 Å². The maximum Gasteiger partial charge on any atom is 0.151 e. The van der Waals surface area contributed by atoms with Crippen molar-refractivity contribution in [2.45, 2.75) is 25.1 Å². The van der Waals surface area contributed by atoms with Gasteiger partial charge in [0.2, 0.25) is 0 Å². The van der Waals surface area contributed by atoms with Gasteiger partial charge in [0.05, 0.1) is 11.8 Å². The topological polar surface area (TPSA) is 52.5 Å². The lowest BCUT2D eigenvalue weighted by Gasteiger charge is -2.26. The van der Waals surface area contributed by atoms with E-state index >= 15 is 0 Å². The molecule has 2 unspecified atom stereocenters. The molecule has 0 spiro atoms. The third-order valence-electron chi connectivity index (χ3n) is 3.13. The van der Waals surface area contributed by atoms with Crippen molar-refractivity contribution in [2.24, 2.45) is 0 Å². The summed E-state index contributed by atoms with van der Waals surface area (Å²) in [5.41, 5.74) is 0.886. The molecule has 0 saturated carbocycles. The number of hydrogen-bond acceptors (Lipinski definition) is 5. The van der Waals surface area contributed by atoms with Crippen LogP contribution in [0.2, 0.25) is 5.15 Å². The molecule has 0 aliphatic carbocycles. The Balaban J connectivity index is 2.00. The molecule has 1 aliphatic heterocycles. The Morgan fingerprint density at radius 3 is 2.83 bits per heavy atom. The largest absolute Gasteiger partial charge is 0.392 e. The van der Waals surface area contributed by atoms with Gasteiger partial charge in [0, 0.05) is 25.7 Å². The fourth-order valence-electron chi connectivity index (χ4n) is 2.40. The molecule has 1 N–H and O–H groups in total. The normalized spacial score (nSPS) is 24.9. The summed E-state index contributed by atoms with van der Waals surface area (Å²) in [6, 6.07) is 4.00. The van der Waals surface area contributed by atoms with E-state index in [0.29, 0.717) is 24.3 Å². The summed E-state index contributed by atoms with van der Waals surface area (Å²) in [5, 5.41) is 18.1. The monoisotopic (exact) mass is 270 g/mol. The van der Waals surface area contributed by atoms with Gasteiger partial charge in [-0.2, -0.15) is 5.10 Å². The lowest BCUT2D eigenvalue weighted by Crippen LogP contribution is -2.37. The van der Waals surface area contributed by atoms with Crippen LogP contribution in [0.5, 0.6) is 0 Å². The van der Waals surface area contributed by atoms with Crippen LogP contribution in [0.1, 0.15) is 12.1 Å². The Hall–Kier alpha value is -0.750. The fourth-order valence-corrected chi connectivity index (χ4v) is 2.50. The van der Waals surface area contributed by atoms with Crippen molar-refractivity contribution in [3.8, 4) is 0 Å². The number of rotatable bonds is 4. The molecule has 1 aliphatic rings. The highest BCUT2D eigenvalue weighted by Crippen LogP contribution is 2.20. The molecular weight excluding hydrogens is 252 g/mol. The average molecular weight is 271 g/mol. The molecule has 100 valence electrons. The van der Waals surface area contributed by atoms with Crippen LogP contribution in [0.4, 0.5) is 0 Å². The standard InChI is InChI=1S/C12H19ClN4O/c1-16(2)7-10-5-11(18)8-17(10)6-9-3-4-12(13)15-14-9/h3-4,10-11,18H,5-8H2,1-2H3. The molecule has 0 aromatic carbocycles. The Bertz CT molecular complexity index is 384. The molecule has 1 saturated heterocycles. The van der Waals surface area contributed by atoms with E-state index < -0.39 is 0 Å². The van der Waals surface area contributed by atoms with Crippen LogP contribution in [0, 0.1) is 0 Å². The number of aliphatic hydroxyl groups is 1. The van der Waals surface area contributed by atoms with Gasteiger partial charge in [-0.1, -0.05) is 11.6 Å². The molecule has 0 bridgehead atoms. The number of likely N-dealkylation sites (N-methyl/N-ethyl adjacent to an activating group) is 1. The number of aliphatic hydroxyl groups excluding tert-OH is 1. The molecule has 18 heavy (non-hydrogen) atoms. The minimum absolute atomic E-state index is 0.241. The Morgan fingerprint density at radius 1 is 1.44 bits per heavy atom. The first-order valence-electron chi connectivity index (χ1n) is 6.09. The van der Waals surface area contributed by atoms with Gasteiger partial charge in [0.25, 0.3) is 0 Å². The predicted octanol–water partition coefficient (Wildman–Crippen LogP) is 0.627. The second kappa shape index (κ2) is 5.93. The SMILES string of the molecule is CN(C)CC1CC(O)CN1Cc1ccc(Cl)nn1. The molecule has 6 heteroatoms. The van der Waals surface area contributed by atoms with Crippen molar-refractivity contribution in [3.05, 3.63) is 23.0 Å². The van der Waals surface area contributed by atoms with E-state index in [1.165, 1.54) is 0 Å². The second-order valence-corrected chi connectivity index (χ2v) is 5.47. The summed E-state index contributed by atoms with van der Waals surface area (Å²) in [6.07, 6.45) is 0.578. The summed E-state index contributed by atoms with van der Waals surface area (Å²) in [7, 11) is 4.09. The van der Waals surface area contributed by atoms with Crippen LogP contribution in [-0.2, 0) is 6.54 Å². The Morgan fingerprint density at radius 2 is 2.22 bits per heavy atom. The molecule has 1 fully saturated rings. The van der Waals surface area contributed by atoms with Gasteiger partial charge in [0.15, 0.2) is 5.15 Å². The molecule has 1 aromatic heterocycles. The number of halogens is 1. The Labute approximate surface area is 112 Å². The fraction of sp³-hybridized carbons (Fsp3) is 0.667. The van der Waals surface area contributed by atoms with Gasteiger partial charge in [0.1, 0.15) is 0 Å². The number of β-amino-alcohol motifs (C(OH)–C–C–N with tert-alkyl or cyclic N) is 1. The second-order valence-electron chi connectivity index (χ2n) is 5.08. The molecular formula is C12H19ClN4O. The van der Waals surface area contributed by atoms with Gasteiger partial charge in [-0.05, 0) is 32.6 Å². The van der Waals surface area contributed by atoms with E-state index in [0.717, 1.165) is 18.7 Å². The van der Waals surface area contributed by atoms with Crippen LogP contribution >= 0.6 is 11.6 Å². The van der Waals surface area contributed by atoms with Crippen molar-refractivity contribution < 1.29 is 5.11 Å². The lowest BCUT2D eigenvalue weighted by atomic mass is 10.2. The van der Waals surface area contributed by atoms with Crippen molar-refractivity contribution in [3.63, 3.8) is 0 Å². The van der Waals surface area contributed by atoms with E-state index in [-0.39, 0.29) is 6.10 Å². The van der Waals surface area contributed by atoms with Gasteiger partial charge in [-0.3, -0.25) is 4.90 Å². The Kier molecular flexibility index (Phi) is 4.50. The van der Waals surface area contributed by atoms with Crippen LogP contribution in [0.15, 0.2) is 12.1 Å². The highest BCUT2D eigenvalue weighted by atomic mass is 35.5. The van der Waals surface area contributed by atoms with E-state index in [2.05, 4.69) is 20.0 Å². The quantitative estimate of drug-likeness (QED) is 0.870. The maximum absolute atomic E-state index is 9.79. The summed E-state index contributed by atoms with van der Waals surface area (Å²) < 4.78 is 0. The molecule has 5 nitrogen and oxygen atoms in total. The van der Waals surface area contributed by atoms with Gasteiger partial charge in [-0.25, -0.2) is 0 Å². The zero-order valence-electron chi connectivity index (χ0n) is 10.8. The highest BCUT2D eigenvalue weighted by molar-refractivity contribution is 6.29. The first kappa shape index (κ1) is 13.7. The number of nitrogens with zero attached hydrogens (tertiary/aromatic N) is 4. The molecule has 2 atom stereocenters. The van der Waals surface area contributed by atoms with Gasteiger partial charge < -0.3 is 10.0 Å². The lowest BCUT2D eigenvalue weighted by molar-refractivity contribution is 0.168. The zero-order valence-corrected chi connectivity index (χ0v) is 11.5. The van der Waals surface area contributed by atoms with Gasteiger partial charge >= 0.3 is 0 Å². The van der Waals surface area contributed by atoms with Gasteiger partial charge in [-0.15, -0.1) is 5.10 Å². The minimum Gasteiger partial charge on any atom is -0.392 e. The molecule has 0 amide bonds. The van der Waals surface area contributed by atoms with Crippen molar-refractivity contribution in [1.82, 2.24) is 20.0 Å². The van der Waals surface area contributed by atoms with Crippen LogP contribution in [-0.4, -0.2) is 64.4 Å². The summed E-state index contributed by atoms with van der Waals surface area (Å²) in [4.78, 5) is 4.39. The first-order chi connectivity index (χ1) is 8.54. The number of hydrogen-bond donors (Lipinski definition) is 1. The third kappa shape index (κ3) is 3.62. The molecule has 0 radical (unpaired) electrons. The summed E-state index contributed by atoms with van der Waals surface area (Å²) >= 11 is 5.72.